The lowest BCUT2D eigenvalue weighted by Crippen LogP contribution is -2.11. The first-order valence-electron chi connectivity index (χ1n) is 5.70. The molecule has 0 saturated carbocycles. The molecule has 0 radical (unpaired) electrons. The minimum Gasteiger partial charge on any atom is -0.462 e. The number of hydrogen-bond donors (Lipinski definition) is 2. The van der Waals surface area contributed by atoms with Crippen molar-refractivity contribution in [2.75, 3.05) is 11.9 Å². The highest BCUT2D eigenvalue weighted by Gasteiger charge is 2.16. The number of carbonyl (C=O) groups is 2. The molecule has 0 aromatic carbocycles. The molecule has 0 unspecified atom stereocenters. The Balaban J connectivity index is 2.12. The molecule has 100 valence electrons. The van der Waals surface area contributed by atoms with Gasteiger partial charge in [0.05, 0.1) is 11.6 Å². The predicted molar refractivity (Wildman–Crippen MR) is 71.6 cm³/mol. The fraction of sp³-hybridized carbons (Fsp3) is 0.250. The van der Waals surface area contributed by atoms with Crippen LogP contribution in [-0.4, -0.2) is 28.7 Å². The molecule has 0 aliphatic carbocycles. The number of aromatic amines is 1. The number of amides is 1. The molecule has 2 heterocycles. The van der Waals surface area contributed by atoms with Crippen LogP contribution in [0.25, 0.3) is 0 Å². The summed E-state index contributed by atoms with van der Waals surface area (Å²) in [6, 6.07) is 3.31. The molecule has 7 heteroatoms. The Bertz CT molecular complexity index is 589. The maximum atomic E-state index is 11.8. The molecule has 0 atom stereocenters. The van der Waals surface area contributed by atoms with E-state index < -0.39 is 0 Å². The summed E-state index contributed by atoms with van der Waals surface area (Å²) in [5.41, 5.74) is 1.15. The molecule has 2 aromatic rings. The fourth-order valence-corrected chi connectivity index (χ4v) is 2.47. The van der Waals surface area contributed by atoms with Crippen molar-refractivity contribution >= 4 is 28.2 Å². The Morgan fingerprint density at radius 1 is 1.53 bits per heavy atom. The average Bonchev–Trinajstić information content (AvgIpc) is 2.99. The van der Waals surface area contributed by atoms with E-state index in [0.717, 1.165) is 5.56 Å². The van der Waals surface area contributed by atoms with Gasteiger partial charge in [0.25, 0.3) is 5.91 Å². The van der Waals surface area contributed by atoms with Crippen molar-refractivity contribution in [3.05, 3.63) is 34.5 Å². The molecule has 0 aliphatic heterocycles. The zero-order valence-electron chi connectivity index (χ0n) is 10.5. The fourth-order valence-electron chi connectivity index (χ4n) is 1.50. The highest BCUT2D eigenvalue weighted by atomic mass is 32.1. The number of aryl methyl sites for hydroxylation is 1. The van der Waals surface area contributed by atoms with E-state index in [-0.39, 0.29) is 11.9 Å². The number of thiophene rings is 1. The van der Waals surface area contributed by atoms with Gasteiger partial charge < -0.3 is 10.1 Å². The van der Waals surface area contributed by atoms with Gasteiger partial charge in [-0.25, -0.2) is 4.79 Å². The third-order valence-electron chi connectivity index (χ3n) is 2.36. The minimum absolute atomic E-state index is 0.297. The van der Waals surface area contributed by atoms with E-state index in [0.29, 0.717) is 22.2 Å². The van der Waals surface area contributed by atoms with E-state index in [1.165, 1.54) is 17.5 Å². The number of rotatable bonds is 4. The molecular weight excluding hydrogens is 266 g/mol. The summed E-state index contributed by atoms with van der Waals surface area (Å²) in [5.74, 6) is -0.666. The second kappa shape index (κ2) is 5.66. The Kier molecular flexibility index (Phi) is 3.96. The monoisotopic (exact) mass is 279 g/mol. The molecule has 0 saturated heterocycles. The molecule has 0 bridgehead atoms. The van der Waals surface area contributed by atoms with Crippen molar-refractivity contribution in [1.82, 2.24) is 10.2 Å². The van der Waals surface area contributed by atoms with Gasteiger partial charge in [-0.1, -0.05) is 0 Å². The number of carbonyl (C=O) groups excluding carboxylic acids is 2. The molecule has 0 aliphatic rings. The number of H-pyrrole nitrogens is 1. The standard InChI is InChI=1S/C12H13N3O3S/c1-3-18-12(17)10-7(2)6-9(19-10)14-11(16)8-4-5-13-15-8/h4-6H,3H2,1-2H3,(H,13,15)(H,14,16). The zero-order chi connectivity index (χ0) is 13.8. The Morgan fingerprint density at radius 2 is 2.32 bits per heavy atom. The number of aromatic nitrogens is 2. The summed E-state index contributed by atoms with van der Waals surface area (Å²) >= 11 is 1.19. The van der Waals surface area contributed by atoms with Crippen molar-refractivity contribution < 1.29 is 14.3 Å². The van der Waals surface area contributed by atoms with Gasteiger partial charge in [-0.3, -0.25) is 9.89 Å². The lowest BCUT2D eigenvalue weighted by Gasteiger charge is -1.99. The highest BCUT2D eigenvalue weighted by molar-refractivity contribution is 7.18. The zero-order valence-corrected chi connectivity index (χ0v) is 11.3. The van der Waals surface area contributed by atoms with Crippen LogP contribution in [0.15, 0.2) is 18.3 Å². The van der Waals surface area contributed by atoms with Gasteiger partial charge in [0.1, 0.15) is 10.6 Å². The van der Waals surface area contributed by atoms with Gasteiger partial charge in [0.2, 0.25) is 0 Å². The lowest BCUT2D eigenvalue weighted by atomic mass is 10.3. The molecule has 6 nitrogen and oxygen atoms in total. The van der Waals surface area contributed by atoms with Gasteiger partial charge in [-0.05, 0) is 31.5 Å². The number of ether oxygens (including phenoxy) is 1. The average molecular weight is 279 g/mol. The summed E-state index contributed by atoms with van der Waals surface area (Å²) in [7, 11) is 0. The third kappa shape index (κ3) is 3.00. The summed E-state index contributed by atoms with van der Waals surface area (Å²) in [6.07, 6.45) is 1.50. The van der Waals surface area contributed by atoms with Crippen LogP contribution >= 0.6 is 11.3 Å². The van der Waals surface area contributed by atoms with Gasteiger partial charge >= 0.3 is 5.97 Å². The summed E-state index contributed by atoms with van der Waals surface area (Å²) < 4.78 is 4.94. The van der Waals surface area contributed by atoms with Gasteiger partial charge in [0.15, 0.2) is 0 Å². The van der Waals surface area contributed by atoms with E-state index in [4.69, 9.17) is 4.74 Å². The number of esters is 1. The Hall–Kier alpha value is -2.15. The van der Waals surface area contributed by atoms with Crippen molar-refractivity contribution in [2.45, 2.75) is 13.8 Å². The van der Waals surface area contributed by atoms with Crippen LogP contribution in [0.1, 0.15) is 32.6 Å². The normalized spacial score (nSPS) is 10.2. The number of hydrogen-bond acceptors (Lipinski definition) is 5. The predicted octanol–water partition coefficient (Wildman–Crippen LogP) is 2.21. The van der Waals surface area contributed by atoms with Gasteiger partial charge in [0, 0.05) is 6.20 Å². The highest BCUT2D eigenvalue weighted by Crippen LogP contribution is 2.27. The molecule has 1 amide bonds. The molecular formula is C12H13N3O3S. The van der Waals surface area contributed by atoms with E-state index in [2.05, 4.69) is 15.5 Å². The summed E-state index contributed by atoms with van der Waals surface area (Å²) in [4.78, 5) is 24.0. The minimum atomic E-state index is -0.368. The first-order valence-corrected chi connectivity index (χ1v) is 6.51. The SMILES string of the molecule is CCOC(=O)c1sc(NC(=O)c2ccn[nH]2)cc1C. The van der Waals surface area contributed by atoms with E-state index in [1.54, 1.807) is 26.0 Å². The van der Waals surface area contributed by atoms with Crippen molar-refractivity contribution in [3.63, 3.8) is 0 Å². The second-order valence-corrected chi connectivity index (χ2v) is 4.82. The van der Waals surface area contributed by atoms with Crippen LogP contribution in [0.4, 0.5) is 5.00 Å². The van der Waals surface area contributed by atoms with Crippen molar-refractivity contribution in [1.29, 1.82) is 0 Å². The smallest absolute Gasteiger partial charge is 0.348 e. The third-order valence-corrected chi connectivity index (χ3v) is 3.49. The van der Waals surface area contributed by atoms with Crippen molar-refractivity contribution in [3.8, 4) is 0 Å². The van der Waals surface area contributed by atoms with Crippen LogP contribution < -0.4 is 5.32 Å². The van der Waals surface area contributed by atoms with E-state index in [1.807, 2.05) is 0 Å². The van der Waals surface area contributed by atoms with Crippen LogP contribution in [0.3, 0.4) is 0 Å². The molecule has 0 spiro atoms. The molecule has 2 N–H and O–H groups in total. The Morgan fingerprint density at radius 3 is 2.95 bits per heavy atom. The van der Waals surface area contributed by atoms with Gasteiger partial charge in [-0.2, -0.15) is 5.10 Å². The number of anilines is 1. The van der Waals surface area contributed by atoms with Crippen LogP contribution in [-0.2, 0) is 4.74 Å². The molecule has 2 aromatic heterocycles. The van der Waals surface area contributed by atoms with Crippen LogP contribution in [0, 0.1) is 6.92 Å². The maximum Gasteiger partial charge on any atom is 0.348 e. The number of nitrogens with zero attached hydrogens (tertiary/aromatic N) is 1. The molecule has 19 heavy (non-hydrogen) atoms. The largest absolute Gasteiger partial charge is 0.462 e. The van der Waals surface area contributed by atoms with Crippen LogP contribution in [0.2, 0.25) is 0 Å². The molecule has 2 rings (SSSR count). The van der Waals surface area contributed by atoms with E-state index in [9.17, 15) is 9.59 Å². The second-order valence-electron chi connectivity index (χ2n) is 3.77. The maximum absolute atomic E-state index is 11.8. The molecule has 0 fully saturated rings. The van der Waals surface area contributed by atoms with E-state index >= 15 is 0 Å². The van der Waals surface area contributed by atoms with Crippen molar-refractivity contribution in [2.24, 2.45) is 0 Å². The first-order chi connectivity index (χ1) is 9.11. The lowest BCUT2D eigenvalue weighted by molar-refractivity contribution is 0.0531. The first kappa shape index (κ1) is 13.3. The van der Waals surface area contributed by atoms with Gasteiger partial charge in [-0.15, -0.1) is 11.3 Å². The topological polar surface area (TPSA) is 84.1 Å². The number of nitrogens with one attached hydrogen (secondary N) is 2. The summed E-state index contributed by atoms with van der Waals surface area (Å²) in [5, 5.41) is 9.58. The quantitative estimate of drug-likeness (QED) is 0.840. The van der Waals surface area contributed by atoms with Crippen LogP contribution in [0.5, 0.6) is 0 Å². The summed E-state index contributed by atoms with van der Waals surface area (Å²) in [6.45, 7) is 3.88. The Labute approximate surface area is 113 Å².